The van der Waals surface area contributed by atoms with Crippen LogP contribution in [0, 0.1) is 5.92 Å². The van der Waals surface area contributed by atoms with Crippen LogP contribution in [0.15, 0.2) is 65.3 Å². The summed E-state index contributed by atoms with van der Waals surface area (Å²) in [5.74, 6) is 0.770. The third-order valence-corrected chi connectivity index (χ3v) is 5.41. The molecule has 1 saturated heterocycles. The number of furan rings is 1. The highest BCUT2D eigenvalue weighted by Crippen LogP contribution is 2.23. The average Bonchev–Trinajstić information content (AvgIpc) is 3.26. The van der Waals surface area contributed by atoms with E-state index in [-0.39, 0.29) is 17.7 Å². The first kappa shape index (κ1) is 19.2. The monoisotopic (exact) mass is 391 g/mol. The molecular weight excluding hydrogens is 366 g/mol. The highest BCUT2D eigenvalue weighted by atomic mass is 16.3. The number of carbonyl (C=O) groups excluding carboxylic acids is 2. The van der Waals surface area contributed by atoms with Crippen molar-refractivity contribution in [2.24, 2.45) is 5.92 Å². The minimum Gasteiger partial charge on any atom is -0.467 e. The first-order valence-corrected chi connectivity index (χ1v) is 9.99. The molecule has 6 heteroatoms. The fraction of sp³-hybridized carbons (Fsp3) is 0.304. The van der Waals surface area contributed by atoms with E-state index in [0.717, 1.165) is 48.2 Å². The van der Waals surface area contributed by atoms with Crippen LogP contribution < -0.4 is 10.6 Å². The van der Waals surface area contributed by atoms with Crippen LogP contribution in [-0.2, 0) is 16.1 Å². The molecule has 2 amide bonds. The lowest BCUT2D eigenvalue weighted by molar-refractivity contribution is -0.126. The molecule has 0 atom stereocenters. The quantitative estimate of drug-likeness (QED) is 0.675. The number of nitrogens with one attached hydrogen (secondary N) is 2. The number of benzene rings is 2. The number of hydrogen-bond donors (Lipinski definition) is 2. The van der Waals surface area contributed by atoms with E-state index < -0.39 is 0 Å². The van der Waals surface area contributed by atoms with Gasteiger partial charge < -0.3 is 15.1 Å². The van der Waals surface area contributed by atoms with E-state index in [1.54, 1.807) is 6.26 Å². The Balaban J connectivity index is 1.25. The topological polar surface area (TPSA) is 74.6 Å². The van der Waals surface area contributed by atoms with Crippen molar-refractivity contribution in [3.63, 3.8) is 0 Å². The van der Waals surface area contributed by atoms with E-state index in [1.165, 1.54) is 0 Å². The van der Waals surface area contributed by atoms with Crippen molar-refractivity contribution in [1.29, 1.82) is 0 Å². The SMILES string of the molecule is O=C(CN1CCC(C(=O)NCc2ccco2)CC1)Nc1cccc2ccccc12. The molecule has 4 rings (SSSR count). The van der Waals surface area contributed by atoms with Gasteiger partial charge in [-0.05, 0) is 49.5 Å². The molecule has 2 aromatic carbocycles. The van der Waals surface area contributed by atoms with Gasteiger partial charge in [0.15, 0.2) is 0 Å². The van der Waals surface area contributed by atoms with Crippen LogP contribution in [-0.4, -0.2) is 36.3 Å². The Labute approximate surface area is 169 Å². The average molecular weight is 391 g/mol. The Kier molecular flexibility index (Phi) is 5.91. The maximum absolute atomic E-state index is 12.5. The van der Waals surface area contributed by atoms with Gasteiger partial charge in [0.25, 0.3) is 0 Å². The Morgan fingerprint density at radius 1 is 1.00 bits per heavy atom. The maximum Gasteiger partial charge on any atom is 0.238 e. The Morgan fingerprint density at radius 2 is 1.79 bits per heavy atom. The third-order valence-electron chi connectivity index (χ3n) is 5.41. The standard InChI is InChI=1S/C23H25N3O3/c27-22(25-21-9-3-6-17-5-1-2-8-20(17)21)16-26-12-10-18(11-13-26)23(28)24-15-19-7-4-14-29-19/h1-9,14,18H,10-13,15-16H2,(H,24,28)(H,25,27). The van der Waals surface area contributed by atoms with Crippen molar-refractivity contribution in [2.45, 2.75) is 19.4 Å². The van der Waals surface area contributed by atoms with Crippen LogP contribution >= 0.6 is 0 Å². The molecule has 0 spiro atoms. The fourth-order valence-electron chi connectivity index (χ4n) is 3.81. The molecule has 1 aromatic heterocycles. The summed E-state index contributed by atoms with van der Waals surface area (Å²) in [5, 5.41) is 8.10. The summed E-state index contributed by atoms with van der Waals surface area (Å²) in [6.45, 7) is 2.23. The molecule has 3 aromatic rings. The summed E-state index contributed by atoms with van der Waals surface area (Å²) >= 11 is 0. The van der Waals surface area contributed by atoms with Gasteiger partial charge in [-0.15, -0.1) is 0 Å². The normalized spacial score (nSPS) is 15.3. The predicted octanol–water partition coefficient (Wildman–Crippen LogP) is 3.40. The van der Waals surface area contributed by atoms with Crippen LogP contribution in [0.25, 0.3) is 10.8 Å². The van der Waals surface area contributed by atoms with Crippen LogP contribution in [0.1, 0.15) is 18.6 Å². The summed E-state index contributed by atoms with van der Waals surface area (Å²) in [4.78, 5) is 27.0. The third kappa shape index (κ3) is 4.84. The van der Waals surface area contributed by atoms with Crippen LogP contribution in [0.3, 0.4) is 0 Å². The van der Waals surface area contributed by atoms with E-state index in [0.29, 0.717) is 13.1 Å². The van der Waals surface area contributed by atoms with E-state index in [2.05, 4.69) is 15.5 Å². The number of amides is 2. The first-order valence-electron chi connectivity index (χ1n) is 9.99. The summed E-state index contributed by atoms with van der Waals surface area (Å²) in [5.41, 5.74) is 0.834. The van der Waals surface area contributed by atoms with Crippen LogP contribution in [0.5, 0.6) is 0 Å². The van der Waals surface area contributed by atoms with Gasteiger partial charge in [-0.1, -0.05) is 36.4 Å². The lowest BCUT2D eigenvalue weighted by atomic mass is 9.96. The second-order valence-electron chi connectivity index (χ2n) is 7.42. The van der Waals surface area contributed by atoms with Crippen LogP contribution in [0.2, 0.25) is 0 Å². The lowest BCUT2D eigenvalue weighted by Crippen LogP contribution is -2.43. The number of anilines is 1. The second-order valence-corrected chi connectivity index (χ2v) is 7.42. The number of piperidine rings is 1. The van der Waals surface area contributed by atoms with E-state index in [1.807, 2.05) is 54.6 Å². The molecular formula is C23H25N3O3. The van der Waals surface area contributed by atoms with Gasteiger partial charge >= 0.3 is 0 Å². The molecule has 0 unspecified atom stereocenters. The van der Waals surface area contributed by atoms with Gasteiger partial charge in [0.05, 0.1) is 19.4 Å². The van der Waals surface area contributed by atoms with Gasteiger partial charge in [-0.3, -0.25) is 14.5 Å². The molecule has 1 aliphatic rings. The molecule has 6 nitrogen and oxygen atoms in total. The number of likely N-dealkylation sites (tertiary alicyclic amines) is 1. The number of hydrogen-bond acceptors (Lipinski definition) is 4. The first-order chi connectivity index (χ1) is 14.2. The molecule has 150 valence electrons. The zero-order valence-corrected chi connectivity index (χ0v) is 16.3. The highest BCUT2D eigenvalue weighted by Gasteiger charge is 2.26. The van der Waals surface area contributed by atoms with Gasteiger partial charge in [-0.2, -0.15) is 0 Å². The molecule has 0 radical (unpaired) electrons. The van der Waals surface area contributed by atoms with Crippen molar-refractivity contribution in [1.82, 2.24) is 10.2 Å². The predicted molar refractivity (Wildman–Crippen MR) is 112 cm³/mol. The van der Waals surface area contributed by atoms with Crippen LogP contribution in [0.4, 0.5) is 5.69 Å². The number of carbonyl (C=O) groups is 2. The van der Waals surface area contributed by atoms with Crippen molar-refractivity contribution in [2.75, 3.05) is 25.0 Å². The zero-order valence-electron chi connectivity index (χ0n) is 16.3. The highest BCUT2D eigenvalue weighted by molar-refractivity contribution is 6.02. The molecule has 0 aliphatic carbocycles. The maximum atomic E-state index is 12.5. The van der Waals surface area contributed by atoms with Gasteiger partial charge in [0, 0.05) is 17.0 Å². The van der Waals surface area contributed by atoms with Crippen molar-refractivity contribution in [3.05, 3.63) is 66.6 Å². The van der Waals surface area contributed by atoms with Crippen molar-refractivity contribution in [3.8, 4) is 0 Å². The van der Waals surface area contributed by atoms with Crippen molar-refractivity contribution >= 4 is 28.3 Å². The molecule has 0 bridgehead atoms. The molecule has 1 fully saturated rings. The molecule has 29 heavy (non-hydrogen) atoms. The number of fused-ring (bicyclic) bond motifs is 1. The Bertz CT molecular complexity index is 971. The molecule has 2 N–H and O–H groups in total. The zero-order chi connectivity index (χ0) is 20.1. The Hall–Kier alpha value is -3.12. The molecule has 1 aliphatic heterocycles. The molecule has 0 saturated carbocycles. The van der Waals surface area contributed by atoms with E-state index >= 15 is 0 Å². The van der Waals surface area contributed by atoms with Crippen molar-refractivity contribution < 1.29 is 14.0 Å². The minimum atomic E-state index is -0.0259. The van der Waals surface area contributed by atoms with Gasteiger partial charge in [0.2, 0.25) is 11.8 Å². The smallest absolute Gasteiger partial charge is 0.238 e. The lowest BCUT2D eigenvalue weighted by Gasteiger charge is -2.30. The summed E-state index contributed by atoms with van der Waals surface area (Å²) < 4.78 is 5.24. The van der Waals surface area contributed by atoms with Gasteiger partial charge in [0.1, 0.15) is 5.76 Å². The summed E-state index contributed by atoms with van der Waals surface area (Å²) in [6.07, 6.45) is 3.11. The number of rotatable bonds is 6. The van der Waals surface area contributed by atoms with E-state index in [9.17, 15) is 9.59 Å². The largest absolute Gasteiger partial charge is 0.467 e. The molecule has 2 heterocycles. The van der Waals surface area contributed by atoms with E-state index in [4.69, 9.17) is 4.42 Å². The second kappa shape index (κ2) is 8.92. The van der Waals surface area contributed by atoms with Gasteiger partial charge in [-0.25, -0.2) is 0 Å². The summed E-state index contributed by atoms with van der Waals surface area (Å²) in [6, 6.07) is 17.6. The Morgan fingerprint density at radius 3 is 2.59 bits per heavy atom. The summed E-state index contributed by atoms with van der Waals surface area (Å²) in [7, 11) is 0. The minimum absolute atomic E-state index is 0.0117. The number of nitrogens with zero attached hydrogens (tertiary/aromatic N) is 1. The fourth-order valence-corrected chi connectivity index (χ4v) is 3.81.